The number of hydrogen-bond acceptors (Lipinski definition) is 5. The van der Waals surface area contributed by atoms with E-state index in [-0.39, 0.29) is 18.0 Å². The SMILES string of the molecule is Cc1n[nH]c(C)c1S(=O)(=O)N1CCCN(S(=O)(=O)N2CCCC2)CC1. The van der Waals surface area contributed by atoms with E-state index in [0.717, 1.165) is 12.8 Å². The van der Waals surface area contributed by atoms with Gasteiger partial charge in [0.1, 0.15) is 4.90 Å². The van der Waals surface area contributed by atoms with E-state index in [9.17, 15) is 16.8 Å². The third kappa shape index (κ3) is 3.47. The smallest absolute Gasteiger partial charge is 0.281 e. The Labute approximate surface area is 149 Å². The fourth-order valence-corrected chi connectivity index (χ4v) is 6.99. The Balaban J connectivity index is 1.78. The van der Waals surface area contributed by atoms with E-state index < -0.39 is 20.2 Å². The number of nitrogens with one attached hydrogen (secondary N) is 1. The van der Waals surface area contributed by atoms with Gasteiger partial charge >= 0.3 is 0 Å². The number of sulfonamides is 1. The van der Waals surface area contributed by atoms with Gasteiger partial charge in [0.2, 0.25) is 10.0 Å². The minimum atomic E-state index is -3.69. The van der Waals surface area contributed by atoms with Crippen molar-refractivity contribution in [1.29, 1.82) is 0 Å². The Bertz CT molecular complexity index is 808. The molecule has 1 aromatic heterocycles. The topological polar surface area (TPSA) is 107 Å². The van der Waals surface area contributed by atoms with Crippen LogP contribution in [-0.2, 0) is 20.2 Å². The van der Waals surface area contributed by atoms with Gasteiger partial charge in [-0.2, -0.15) is 26.4 Å². The van der Waals surface area contributed by atoms with Crippen molar-refractivity contribution in [3.63, 3.8) is 0 Å². The van der Waals surface area contributed by atoms with Crippen molar-refractivity contribution < 1.29 is 16.8 Å². The fraction of sp³-hybridized carbons (Fsp3) is 0.786. The van der Waals surface area contributed by atoms with Gasteiger partial charge in [-0.05, 0) is 33.1 Å². The van der Waals surface area contributed by atoms with Crippen molar-refractivity contribution in [3.05, 3.63) is 11.4 Å². The molecule has 0 radical (unpaired) electrons. The summed E-state index contributed by atoms with van der Waals surface area (Å²) in [7, 11) is -7.18. The van der Waals surface area contributed by atoms with Crippen LogP contribution in [0, 0.1) is 13.8 Å². The molecule has 0 aliphatic carbocycles. The van der Waals surface area contributed by atoms with Gasteiger partial charge in [0.25, 0.3) is 10.2 Å². The van der Waals surface area contributed by atoms with Crippen molar-refractivity contribution in [2.75, 3.05) is 39.3 Å². The lowest BCUT2D eigenvalue weighted by atomic mass is 10.4. The maximum Gasteiger partial charge on any atom is 0.282 e. The number of H-pyrrole nitrogens is 1. The molecular formula is C14H25N5O4S2. The van der Waals surface area contributed by atoms with Crippen LogP contribution in [0.15, 0.2) is 4.90 Å². The summed E-state index contributed by atoms with van der Waals surface area (Å²) in [6, 6.07) is 0. The molecule has 2 saturated heterocycles. The third-order valence-corrected chi connectivity index (χ3v) is 8.99. The number of nitrogens with zero attached hydrogens (tertiary/aromatic N) is 4. The molecule has 0 amide bonds. The Morgan fingerprint density at radius 3 is 1.92 bits per heavy atom. The van der Waals surface area contributed by atoms with E-state index in [1.54, 1.807) is 13.8 Å². The zero-order valence-electron chi connectivity index (χ0n) is 14.6. The fourth-order valence-electron chi connectivity index (χ4n) is 3.47. The second-order valence-corrected chi connectivity index (χ2v) is 10.3. The molecule has 2 aliphatic heterocycles. The summed E-state index contributed by atoms with van der Waals surface area (Å²) in [4.78, 5) is 0.198. The molecule has 142 valence electrons. The summed E-state index contributed by atoms with van der Waals surface area (Å²) in [5.41, 5.74) is 0.937. The first-order valence-corrected chi connectivity index (χ1v) is 11.4. The number of rotatable bonds is 4. The van der Waals surface area contributed by atoms with Crippen molar-refractivity contribution in [2.24, 2.45) is 0 Å². The highest BCUT2D eigenvalue weighted by atomic mass is 32.2. The van der Waals surface area contributed by atoms with E-state index in [0.29, 0.717) is 44.0 Å². The highest BCUT2D eigenvalue weighted by Crippen LogP contribution is 2.24. The van der Waals surface area contributed by atoms with Gasteiger partial charge in [-0.25, -0.2) is 8.42 Å². The first kappa shape index (κ1) is 18.8. The van der Waals surface area contributed by atoms with Crippen LogP contribution >= 0.6 is 0 Å². The molecule has 2 aliphatic rings. The van der Waals surface area contributed by atoms with Crippen LogP contribution < -0.4 is 0 Å². The highest BCUT2D eigenvalue weighted by molar-refractivity contribution is 7.89. The van der Waals surface area contributed by atoms with Gasteiger partial charge in [0.15, 0.2) is 0 Å². The van der Waals surface area contributed by atoms with Crippen LogP contribution in [0.3, 0.4) is 0 Å². The first-order chi connectivity index (χ1) is 11.7. The molecule has 1 aromatic rings. The lowest BCUT2D eigenvalue weighted by Crippen LogP contribution is -2.44. The van der Waals surface area contributed by atoms with E-state index in [1.165, 1.54) is 12.9 Å². The van der Waals surface area contributed by atoms with Crippen LogP contribution in [0.4, 0.5) is 0 Å². The minimum absolute atomic E-state index is 0.152. The molecule has 11 heteroatoms. The van der Waals surface area contributed by atoms with E-state index >= 15 is 0 Å². The molecule has 0 saturated carbocycles. The Kier molecular flexibility index (Phi) is 5.22. The molecule has 2 fully saturated rings. The van der Waals surface area contributed by atoms with Crippen LogP contribution in [0.25, 0.3) is 0 Å². The molecule has 0 bridgehead atoms. The molecule has 0 unspecified atom stereocenters. The van der Waals surface area contributed by atoms with Gasteiger partial charge in [-0.15, -0.1) is 0 Å². The second kappa shape index (κ2) is 6.95. The molecule has 9 nitrogen and oxygen atoms in total. The van der Waals surface area contributed by atoms with Crippen molar-refractivity contribution in [1.82, 2.24) is 23.1 Å². The predicted molar refractivity (Wildman–Crippen MR) is 92.7 cm³/mol. The summed E-state index contributed by atoms with van der Waals surface area (Å²) in [6.45, 7) is 5.40. The Hall–Kier alpha value is -1.01. The molecular weight excluding hydrogens is 366 g/mol. The van der Waals surface area contributed by atoms with E-state index in [2.05, 4.69) is 10.2 Å². The average molecular weight is 392 g/mol. The average Bonchev–Trinajstić information content (AvgIpc) is 3.11. The molecule has 0 atom stereocenters. The summed E-state index contributed by atoms with van der Waals surface area (Å²) >= 11 is 0. The van der Waals surface area contributed by atoms with Gasteiger partial charge in [0.05, 0.1) is 11.4 Å². The summed E-state index contributed by atoms with van der Waals surface area (Å²) in [5, 5.41) is 6.66. The van der Waals surface area contributed by atoms with Crippen LogP contribution in [0.2, 0.25) is 0 Å². The molecule has 0 spiro atoms. The minimum Gasteiger partial charge on any atom is -0.281 e. The summed E-state index contributed by atoms with van der Waals surface area (Å²) < 4.78 is 55.6. The summed E-state index contributed by atoms with van der Waals surface area (Å²) in [6.07, 6.45) is 2.24. The van der Waals surface area contributed by atoms with Crippen LogP contribution in [0.1, 0.15) is 30.7 Å². The largest absolute Gasteiger partial charge is 0.282 e. The molecule has 1 N–H and O–H groups in total. The van der Waals surface area contributed by atoms with Crippen molar-refractivity contribution in [3.8, 4) is 0 Å². The zero-order chi connectivity index (χ0) is 18.2. The van der Waals surface area contributed by atoms with Crippen LogP contribution in [0.5, 0.6) is 0 Å². The molecule has 25 heavy (non-hydrogen) atoms. The normalized spacial score (nSPS) is 22.3. The van der Waals surface area contributed by atoms with E-state index in [4.69, 9.17) is 0 Å². The van der Waals surface area contributed by atoms with Crippen molar-refractivity contribution >= 4 is 20.2 Å². The first-order valence-electron chi connectivity index (χ1n) is 8.51. The predicted octanol–water partition coefficient (Wildman–Crippen LogP) is 0.0635. The van der Waals surface area contributed by atoms with Gasteiger partial charge in [-0.3, -0.25) is 5.10 Å². The quantitative estimate of drug-likeness (QED) is 0.781. The zero-order valence-corrected chi connectivity index (χ0v) is 16.2. The number of aromatic amines is 1. The Morgan fingerprint density at radius 2 is 1.32 bits per heavy atom. The highest BCUT2D eigenvalue weighted by Gasteiger charge is 2.36. The lowest BCUT2D eigenvalue weighted by molar-refractivity contribution is 0.364. The standard InChI is InChI=1S/C14H25N5O4S2/c1-12-14(13(2)16-15-12)24(20,21)17-8-5-9-19(11-10-17)25(22,23)18-6-3-4-7-18/h3-11H2,1-2H3,(H,15,16). The summed E-state index contributed by atoms with van der Waals surface area (Å²) in [5.74, 6) is 0. The lowest BCUT2D eigenvalue weighted by Gasteiger charge is -2.26. The molecule has 3 heterocycles. The maximum absolute atomic E-state index is 12.9. The number of aryl methyl sites for hydroxylation is 2. The van der Waals surface area contributed by atoms with Crippen molar-refractivity contribution in [2.45, 2.75) is 38.0 Å². The maximum atomic E-state index is 12.9. The Morgan fingerprint density at radius 1 is 0.800 bits per heavy atom. The van der Waals surface area contributed by atoms with E-state index in [1.807, 2.05) is 0 Å². The molecule has 3 rings (SSSR count). The van der Waals surface area contributed by atoms with Gasteiger partial charge in [-0.1, -0.05) is 0 Å². The van der Waals surface area contributed by atoms with Gasteiger partial charge in [0, 0.05) is 39.3 Å². The molecule has 0 aromatic carbocycles. The van der Waals surface area contributed by atoms with Gasteiger partial charge < -0.3 is 0 Å². The van der Waals surface area contributed by atoms with Crippen LogP contribution in [-0.4, -0.2) is 79.2 Å². The monoisotopic (exact) mass is 391 g/mol. The number of aromatic nitrogens is 2. The second-order valence-electron chi connectivity index (χ2n) is 6.53. The third-order valence-electron chi connectivity index (χ3n) is 4.79. The number of hydrogen-bond donors (Lipinski definition) is 1.